The second-order valence-electron chi connectivity index (χ2n) is 5.80. The lowest BCUT2D eigenvalue weighted by Gasteiger charge is -2.17. The molecule has 0 aromatic carbocycles. The number of ether oxygens (including phenoxy) is 1. The number of methoxy groups -OCH3 is 1. The molecule has 1 aromatic heterocycles. The van der Waals surface area contributed by atoms with Gasteiger partial charge in [0, 0.05) is 12.4 Å². The summed E-state index contributed by atoms with van der Waals surface area (Å²) < 4.78 is 4.37. The lowest BCUT2D eigenvalue weighted by molar-refractivity contribution is -0.110. The maximum atomic E-state index is 10.7. The molecule has 2 rings (SSSR count). The van der Waals surface area contributed by atoms with E-state index in [1.807, 2.05) is 26.2 Å². The minimum atomic E-state index is -0.563. The Kier molecular flexibility index (Phi) is 8.32. The predicted molar refractivity (Wildman–Crippen MR) is 88.0 cm³/mol. The highest BCUT2D eigenvalue weighted by Gasteiger charge is 2.23. The molecule has 0 spiro atoms. The number of alkyl carbamates (subject to hydrolysis) is 1. The topological polar surface area (TPSA) is 87.3 Å². The highest BCUT2D eigenvalue weighted by atomic mass is 16.5. The van der Waals surface area contributed by atoms with Gasteiger partial charge in [0.15, 0.2) is 0 Å². The fourth-order valence-electron chi connectivity index (χ4n) is 2.47. The van der Waals surface area contributed by atoms with Crippen LogP contribution >= 0.6 is 0 Å². The molecule has 2 heterocycles. The molecule has 1 amide bonds. The van der Waals surface area contributed by atoms with Crippen molar-refractivity contribution in [1.82, 2.24) is 20.2 Å². The number of aldehydes is 1. The van der Waals surface area contributed by atoms with Crippen LogP contribution in [0.25, 0.3) is 0 Å². The summed E-state index contributed by atoms with van der Waals surface area (Å²) in [5.41, 5.74) is 0. The second kappa shape index (κ2) is 9.99. The number of aromatic amines is 1. The van der Waals surface area contributed by atoms with E-state index in [9.17, 15) is 9.59 Å². The van der Waals surface area contributed by atoms with E-state index < -0.39 is 12.1 Å². The normalized spacial score (nSPS) is 20.1. The first-order valence-electron chi connectivity index (χ1n) is 8.02. The molecular weight excluding hydrogens is 296 g/mol. The summed E-state index contributed by atoms with van der Waals surface area (Å²) in [4.78, 5) is 31.0. The Morgan fingerprint density at radius 3 is 2.83 bits per heavy atom. The average molecular weight is 324 g/mol. The van der Waals surface area contributed by atoms with Crippen molar-refractivity contribution < 1.29 is 14.3 Å². The van der Waals surface area contributed by atoms with Crippen LogP contribution in [0.5, 0.6) is 0 Å². The van der Waals surface area contributed by atoms with Crippen LogP contribution in [0.1, 0.15) is 45.0 Å². The van der Waals surface area contributed by atoms with Crippen LogP contribution in [0.15, 0.2) is 12.4 Å². The van der Waals surface area contributed by atoms with Gasteiger partial charge in [-0.05, 0) is 32.4 Å². The average Bonchev–Trinajstić information content (AvgIpc) is 3.23. The van der Waals surface area contributed by atoms with E-state index in [0.717, 1.165) is 18.5 Å². The minimum Gasteiger partial charge on any atom is -0.453 e. The van der Waals surface area contributed by atoms with Crippen molar-refractivity contribution in [1.29, 1.82) is 0 Å². The van der Waals surface area contributed by atoms with E-state index >= 15 is 0 Å². The van der Waals surface area contributed by atoms with E-state index in [1.165, 1.54) is 26.5 Å². The SMILES string of the molecule is CCC(C)C(C=O)NC(=O)OC.CN1CCCC1c1ncc[nH]1. The molecule has 1 saturated heterocycles. The van der Waals surface area contributed by atoms with Gasteiger partial charge in [0.05, 0.1) is 19.2 Å². The maximum absolute atomic E-state index is 10.7. The van der Waals surface area contributed by atoms with Crippen molar-refractivity contribution >= 4 is 12.4 Å². The van der Waals surface area contributed by atoms with Crippen molar-refractivity contribution in [2.24, 2.45) is 5.92 Å². The summed E-state index contributed by atoms with van der Waals surface area (Å²) in [6.07, 6.45) is 7.25. The number of carbonyl (C=O) groups is 2. The quantitative estimate of drug-likeness (QED) is 0.810. The molecule has 3 atom stereocenters. The molecule has 1 aromatic rings. The molecule has 130 valence electrons. The molecule has 0 aliphatic carbocycles. The van der Waals surface area contributed by atoms with E-state index in [1.54, 1.807) is 0 Å². The molecule has 0 bridgehead atoms. The molecule has 23 heavy (non-hydrogen) atoms. The Bertz CT molecular complexity index is 464. The lowest BCUT2D eigenvalue weighted by atomic mass is 10.0. The summed E-state index contributed by atoms with van der Waals surface area (Å²) in [6.45, 7) is 5.06. The second-order valence-corrected chi connectivity index (χ2v) is 5.80. The molecule has 1 aliphatic rings. The van der Waals surface area contributed by atoms with Gasteiger partial charge in [-0.3, -0.25) is 4.90 Å². The van der Waals surface area contributed by atoms with Crippen molar-refractivity contribution in [3.05, 3.63) is 18.2 Å². The summed E-state index contributed by atoms with van der Waals surface area (Å²) in [6, 6.07) is 0.0902. The third-order valence-electron chi connectivity index (χ3n) is 4.23. The fourth-order valence-corrected chi connectivity index (χ4v) is 2.47. The smallest absolute Gasteiger partial charge is 0.407 e. The molecule has 1 fully saturated rings. The number of rotatable bonds is 5. The number of aromatic nitrogens is 2. The highest BCUT2D eigenvalue weighted by Crippen LogP contribution is 2.27. The third-order valence-corrected chi connectivity index (χ3v) is 4.23. The van der Waals surface area contributed by atoms with Gasteiger partial charge in [0.2, 0.25) is 0 Å². The fraction of sp³-hybridized carbons (Fsp3) is 0.688. The van der Waals surface area contributed by atoms with Crippen LogP contribution in [0.3, 0.4) is 0 Å². The molecule has 3 unspecified atom stereocenters. The Morgan fingerprint density at radius 2 is 2.39 bits per heavy atom. The summed E-state index contributed by atoms with van der Waals surface area (Å²) in [7, 11) is 3.42. The van der Waals surface area contributed by atoms with Crippen molar-refractivity contribution in [2.75, 3.05) is 20.7 Å². The Balaban J connectivity index is 0.000000230. The standard InChI is InChI=1S/C8H13N3.C8H15NO3/c1-11-6-2-3-7(11)8-9-4-5-10-8;1-4-6(2)7(5-10)9-8(11)12-3/h4-5,7H,2-3,6H2,1H3,(H,9,10);5-7H,4H2,1-3H3,(H,9,11). The molecule has 7 nitrogen and oxygen atoms in total. The first kappa shape index (κ1) is 19.2. The first-order valence-corrected chi connectivity index (χ1v) is 8.02. The van der Waals surface area contributed by atoms with Gasteiger partial charge in [0.1, 0.15) is 12.1 Å². The zero-order chi connectivity index (χ0) is 17.2. The van der Waals surface area contributed by atoms with Crippen molar-refractivity contribution in [3.63, 3.8) is 0 Å². The highest BCUT2D eigenvalue weighted by molar-refractivity contribution is 5.73. The molecular formula is C16H28N4O3. The zero-order valence-corrected chi connectivity index (χ0v) is 14.4. The van der Waals surface area contributed by atoms with Gasteiger partial charge < -0.3 is 19.8 Å². The number of hydrogen-bond acceptors (Lipinski definition) is 5. The van der Waals surface area contributed by atoms with Crippen LogP contribution < -0.4 is 5.32 Å². The van der Waals surface area contributed by atoms with Crippen LogP contribution in [0.4, 0.5) is 4.79 Å². The largest absolute Gasteiger partial charge is 0.453 e. The number of imidazole rings is 1. The number of likely N-dealkylation sites (tertiary alicyclic amines) is 1. The lowest BCUT2D eigenvalue weighted by Crippen LogP contribution is -2.40. The van der Waals surface area contributed by atoms with Gasteiger partial charge in [0.25, 0.3) is 0 Å². The Morgan fingerprint density at radius 1 is 1.65 bits per heavy atom. The number of hydrogen-bond donors (Lipinski definition) is 2. The predicted octanol–water partition coefficient (Wildman–Crippen LogP) is 2.13. The van der Waals surface area contributed by atoms with E-state index in [2.05, 4.69) is 32.0 Å². The van der Waals surface area contributed by atoms with Crippen molar-refractivity contribution in [3.8, 4) is 0 Å². The molecule has 2 N–H and O–H groups in total. The molecule has 1 aliphatic heterocycles. The van der Waals surface area contributed by atoms with Gasteiger partial charge in [-0.2, -0.15) is 0 Å². The van der Waals surface area contributed by atoms with Gasteiger partial charge in [-0.1, -0.05) is 20.3 Å². The van der Waals surface area contributed by atoms with Gasteiger partial charge in [-0.25, -0.2) is 9.78 Å². The zero-order valence-electron chi connectivity index (χ0n) is 14.4. The van der Waals surface area contributed by atoms with Crippen LogP contribution in [0.2, 0.25) is 0 Å². The maximum Gasteiger partial charge on any atom is 0.407 e. The van der Waals surface area contributed by atoms with Crippen LogP contribution in [-0.2, 0) is 9.53 Å². The molecule has 0 radical (unpaired) electrons. The summed E-state index contributed by atoms with van der Waals surface area (Å²) >= 11 is 0. The minimum absolute atomic E-state index is 0.140. The number of amides is 1. The Hall–Kier alpha value is -1.89. The van der Waals surface area contributed by atoms with Gasteiger partial charge >= 0.3 is 6.09 Å². The first-order chi connectivity index (χ1) is 11.0. The van der Waals surface area contributed by atoms with E-state index in [-0.39, 0.29) is 5.92 Å². The Labute approximate surface area is 137 Å². The number of carbonyl (C=O) groups excluding carboxylic acids is 2. The third kappa shape index (κ3) is 6.02. The molecule has 7 heteroatoms. The monoisotopic (exact) mass is 324 g/mol. The van der Waals surface area contributed by atoms with Crippen LogP contribution in [0, 0.1) is 5.92 Å². The van der Waals surface area contributed by atoms with E-state index in [4.69, 9.17) is 0 Å². The van der Waals surface area contributed by atoms with Gasteiger partial charge in [-0.15, -0.1) is 0 Å². The number of nitrogens with one attached hydrogen (secondary N) is 2. The number of H-pyrrole nitrogens is 1. The number of nitrogens with zero attached hydrogens (tertiary/aromatic N) is 2. The van der Waals surface area contributed by atoms with E-state index in [0.29, 0.717) is 6.04 Å². The van der Waals surface area contributed by atoms with Crippen LogP contribution in [-0.4, -0.2) is 54.0 Å². The summed E-state index contributed by atoms with van der Waals surface area (Å²) in [5.74, 6) is 1.26. The summed E-state index contributed by atoms with van der Waals surface area (Å²) in [5, 5.41) is 2.44. The van der Waals surface area contributed by atoms with Crippen molar-refractivity contribution in [2.45, 2.75) is 45.2 Å². The molecule has 0 saturated carbocycles.